The van der Waals surface area contributed by atoms with E-state index in [4.69, 9.17) is 0 Å². The summed E-state index contributed by atoms with van der Waals surface area (Å²) in [5.74, 6) is -2.66. The summed E-state index contributed by atoms with van der Waals surface area (Å²) in [6.07, 6.45) is 0.315. The minimum Gasteiger partial charge on any atom is -0.358 e. The number of benzene rings is 1. The Morgan fingerprint density at radius 1 is 1.37 bits per heavy atom. The van der Waals surface area contributed by atoms with Crippen LogP contribution in [0.4, 0.5) is 8.78 Å². The standard InChI is InChI=1S/C13H14F2N2O2/c1-16-13(19)11-4-7(6-17-11)12(18)9-3-2-8(14)5-10(9)15/h2-3,5,7,11,17H,4,6H2,1H3,(H,16,19). The summed E-state index contributed by atoms with van der Waals surface area (Å²) in [6.45, 7) is 0.313. The molecule has 0 aromatic heterocycles. The number of nitrogens with one attached hydrogen (secondary N) is 2. The molecule has 1 fully saturated rings. The van der Waals surface area contributed by atoms with Gasteiger partial charge in [0, 0.05) is 25.6 Å². The molecule has 102 valence electrons. The predicted octanol–water partition coefficient (Wildman–Crippen LogP) is 0.872. The molecule has 2 N–H and O–H groups in total. The highest BCUT2D eigenvalue weighted by Gasteiger charge is 2.34. The zero-order valence-electron chi connectivity index (χ0n) is 10.4. The van der Waals surface area contributed by atoms with Gasteiger partial charge in [-0.1, -0.05) is 0 Å². The first-order chi connectivity index (χ1) is 9.02. The normalized spacial score (nSPS) is 22.3. The summed E-state index contributed by atoms with van der Waals surface area (Å²) in [6, 6.07) is 2.43. The Bertz CT molecular complexity index is 519. The lowest BCUT2D eigenvalue weighted by atomic mass is 9.94. The Kier molecular flexibility index (Phi) is 3.90. The number of hydrogen-bond donors (Lipinski definition) is 2. The third kappa shape index (κ3) is 2.78. The molecule has 1 aliphatic heterocycles. The Balaban J connectivity index is 2.11. The van der Waals surface area contributed by atoms with Gasteiger partial charge in [-0.2, -0.15) is 0 Å². The summed E-state index contributed by atoms with van der Waals surface area (Å²) in [4.78, 5) is 23.5. The fourth-order valence-corrected chi connectivity index (χ4v) is 2.22. The lowest BCUT2D eigenvalue weighted by Crippen LogP contribution is -2.38. The fraction of sp³-hybridized carbons (Fsp3) is 0.385. The average molecular weight is 268 g/mol. The summed E-state index contributed by atoms with van der Waals surface area (Å²) >= 11 is 0. The van der Waals surface area contributed by atoms with E-state index in [9.17, 15) is 18.4 Å². The molecule has 0 radical (unpaired) electrons. The van der Waals surface area contributed by atoms with Crippen LogP contribution in [0.2, 0.25) is 0 Å². The van der Waals surface area contributed by atoms with Crippen LogP contribution in [0.5, 0.6) is 0 Å². The highest BCUT2D eigenvalue weighted by Crippen LogP contribution is 2.21. The molecule has 0 spiro atoms. The largest absolute Gasteiger partial charge is 0.358 e. The number of carbonyl (C=O) groups is 2. The van der Waals surface area contributed by atoms with Gasteiger partial charge in [-0.3, -0.25) is 9.59 Å². The van der Waals surface area contributed by atoms with E-state index >= 15 is 0 Å². The highest BCUT2D eigenvalue weighted by molar-refractivity contribution is 5.99. The van der Waals surface area contributed by atoms with E-state index in [2.05, 4.69) is 10.6 Å². The third-order valence-corrected chi connectivity index (χ3v) is 3.26. The third-order valence-electron chi connectivity index (χ3n) is 3.26. The van der Waals surface area contributed by atoms with Crippen molar-refractivity contribution in [3.05, 3.63) is 35.4 Å². The second-order valence-corrected chi connectivity index (χ2v) is 4.50. The van der Waals surface area contributed by atoms with E-state index in [0.717, 1.165) is 12.1 Å². The van der Waals surface area contributed by atoms with Gasteiger partial charge in [0.1, 0.15) is 11.6 Å². The Morgan fingerprint density at radius 2 is 2.11 bits per heavy atom. The number of Topliss-reactive ketones (excluding diaryl/α,β-unsaturated/α-hetero) is 1. The molecule has 4 nitrogen and oxygen atoms in total. The topological polar surface area (TPSA) is 58.2 Å². The Labute approximate surface area is 109 Å². The molecule has 1 aromatic carbocycles. The molecule has 1 amide bonds. The van der Waals surface area contributed by atoms with E-state index in [0.29, 0.717) is 19.0 Å². The van der Waals surface area contributed by atoms with Crippen molar-refractivity contribution >= 4 is 11.7 Å². The van der Waals surface area contributed by atoms with Gasteiger partial charge in [-0.25, -0.2) is 8.78 Å². The first-order valence-electron chi connectivity index (χ1n) is 5.97. The highest BCUT2D eigenvalue weighted by atomic mass is 19.1. The van der Waals surface area contributed by atoms with Gasteiger partial charge in [0.15, 0.2) is 5.78 Å². The van der Waals surface area contributed by atoms with Crippen molar-refractivity contribution in [2.24, 2.45) is 5.92 Å². The van der Waals surface area contributed by atoms with Gasteiger partial charge in [-0.05, 0) is 18.6 Å². The van der Waals surface area contributed by atoms with Crippen molar-refractivity contribution in [1.29, 1.82) is 0 Å². The van der Waals surface area contributed by atoms with Gasteiger partial charge < -0.3 is 10.6 Å². The van der Waals surface area contributed by atoms with Crippen molar-refractivity contribution in [2.45, 2.75) is 12.5 Å². The molecule has 0 bridgehead atoms. The van der Waals surface area contributed by atoms with Crippen molar-refractivity contribution in [2.75, 3.05) is 13.6 Å². The molecule has 1 aromatic rings. The second-order valence-electron chi connectivity index (χ2n) is 4.50. The summed E-state index contributed by atoms with van der Waals surface area (Å²) in [5, 5.41) is 5.40. The summed E-state index contributed by atoms with van der Waals surface area (Å²) in [7, 11) is 1.51. The lowest BCUT2D eigenvalue weighted by molar-refractivity contribution is -0.122. The Morgan fingerprint density at radius 3 is 2.74 bits per heavy atom. The molecule has 1 saturated heterocycles. The molecule has 1 heterocycles. The number of rotatable bonds is 3. The molecule has 1 aliphatic rings. The van der Waals surface area contributed by atoms with Crippen molar-refractivity contribution in [3.63, 3.8) is 0 Å². The first-order valence-corrected chi connectivity index (χ1v) is 5.97. The molecule has 2 atom stereocenters. The summed E-state index contributed by atoms with van der Waals surface area (Å²) < 4.78 is 26.3. The SMILES string of the molecule is CNC(=O)C1CC(C(=O)c2ccc(F)cc2F)CN1. The maximum Gasteiger partial charge on any atom is 0.236 e. The minimum atomic E-state index is -0.867. The van der Waals surface area contributed by atoms with Gasteiger partial charge in [0.05, 0.1) is 11.6 Å². The molecule has 0 saturated carbocycles. The predicted molar refractivity (Wildman–Crippen MR) is 64.7 cm³/mol. The number of halogens is 2. The lowest BCUT2D eigenvalue weighted by Gasteiger charge is -2.09. The molecular weight excluding hydrogens is 254 g/mol. The van der Waals surface area contributed by atoms with Crippen LogP contribution in [0.1, 0.15) is 16.8 Å². The molecule has 19 heavy (non-hydrogen) atoms. The van der Waals surface area contributed by atoms with Crippen LogP contribution in [0.25, 0.3) is 0 Å². The maximum atomic E-state index is 13.5. The van der Waals surface area contributed by atoms with E-state index in [1.165, 1.54) is 7.05 Å². The van der Waals surface area contributed by atoms with Gasteiger partial charge >= 0.3 is 0 Å². The van der Waals surface area contributed by atoms with Crippen LogP contribution in [-0.2, 0) is 4.79 Å². The van der Waals surface area contributed by atoms with Gasteiger partial charge in [0.25, 0.3) is 0 Å². The van der Waals surface area contributed by atoms with Crippen LogP contribution in [0.15, 0.2) is 18.2 Å². The van der Waals surface area contributed by atoms with Gasteiger partial charge in [-0.15, -0.1) is 0 Å². The quantitative estimate of drug-likeness (QED) is 0.800. The number of amides is 1. The summed E-state index contributed by atoms with van der Waals surface area (Å²) in [5.41, 5.74) is -0.134. The van der Waals surface area contributed by atoms with Crippen molar-refractivity contribution in [3.8, 4) is 0 Å². The second kappa shape index (κ2) is 5.44. The van der Waals surface area contributed by atoms with Crippen LogP contribution in [-0.4, -0.2) is 31.3 Å². The van der Waals surface area contributed by atoms with Crippen molar-refractivity contribution in [1.82, 2.24) is 10.6 Å². The molecule has 2 unspecified atom stereocenters. The van der Waals surface area contributed by atoms with Crippen LogP contribution < -0.4 is 10.6 Å². The molecule has 2 rings (SSSR count). The zero-order valence-corrected chi connectivity index (χ0v) is 10.4. The molecule has 6 heteroatoms. The smallest absolute Gasteiger partial charge is 0.236 e. The number of carbonyl (C=O) groups excluding carboxylic acids is 2. The maximum absolute atomic E-state index is 13.5. The fourth-order valence-electron chi connectivity index (χ4n) is 2.22. The number of likely N-dealkylation sites (N-methyl/N-ethyl adjacent to an activating group) is 1. The number of ketones is 1. The monoisotopic (exact) mass is 268 g/mol. The molecule has 0 aliphatic carbocycles. The zero-order chi connectivity index (χ0) is 14.0. The number of hydrogen-bond acceptors (Lipinski definition) is 3. The minimum absolute atomic E-state index is 0.134. The first kappa shape index (κ1) is 13.6. The Hall–Kier alpha value is -1.82. The van der Waals surface area contributed by atoms with Crippen molar-refractivity contribution < 1.29 is 18.4 Å². The van der Waals surface area contributed by atoms with E-state index in [1.54, 1.807) is 0 Å². The van der Waals surface area contributed by atoms with E-state index < -0.39 is 29.4 Å². The average Bonchev–Trinajstić information content (AvgIpc) is 2.86. The van der Waals surface area contributed by atoms with Crippen LogP contribution in [0.3, 0.4) is 0 Å². The van der Waals surface area contributed by atoms with E-state index in [-0.39, 0.29) is 11.5 Å². The molecular formula is C13H14F2N2O2. The van der Waals surface area contributed by atoms with Gasteiger partial charge in [0.2, 0.25) is 5.91 Å². The van der Waals surface area contributed by atoms with Crippen LogP contribution >= 0.6 is 0 Å². The van der Waals surface area contributed by atoms with Crippen LogP contribution in [0, 0.1) is 17.6 Å². The van der Waals surface area contributed by atoms with E-state index in [1.807, 2.05) is 0 Å².